The topological polar surface area (TPSA) is 66.8 Å². The molecule has 3 heterocycles. The molecule has 1 saturated heterocycles. The Bertz CT molecular complexity index is 1140. The fraction of sp³-hybridized carbons (Fsp3) is 0.333. The molecule has 146 valence electrons. The number of nitrogens with zero attached hydrogens (tertiary/aromatic N) is 1. The summed E-state index contributed by atoms with van der Waals surface area (Å²) in [6.45, 7) is 3.54. The number of aryl methyl sites for hydroxylation is 1. The van der Waals surface area contributed by atoms with Crippen molar-refractivity contribution in [1.29, 1.82) is 0 Å². The van der Waals surface area contributed by atoms with Crippen molar-refractivity contribution in [3.05, 3.63) is 59.8 Å². The van der Waals surface area contributed by atoms with Crippen LogP contribution in [0.25, 0.3) is 10.9 Å². The van der Waals surface area contributed by atoms with Gasteiger partial charge in [0.1, 0.15) is 5.75 Å². The average Bonchev–Trinajstić information content (AvgIpc) is 3.28. The Labute approximate surface area is 163 Å². The molecule has 0 amide bonds. The van der Waals surface area contributed by atoms with Crippen molar-refractivity contribution in [3.8, 4) is 5.75 Å². The highest BCUT2D eigenvalue weighted by molar-refractivity contribution is 7.90. The van der Waals surface area contributed by atoms with Gasteiger partial charge in [0.05, 0.1) is 35.8 Å². The van der Waals surface area contributed by atoms with Crippen LogP contribution in [0.1, 0.15) is 24.0 Å². The predicted molar refractivity (Wildman–Crippen MR) is 104 cm³/mol. The molecular formula is C21H21NO5S. The first kappa shape index (κ1) is 17.7. The molecule has 1 aromatic heterocycles. The zero-order valence-corrected chi connectivity index (χ0v) is 16.4. The highest BCUT2D eigenvalue weighted by Crippen LogP contribution is 2.44. The number of rotatable bonds is 2. The van der Waals surface area contributed by atoms with E-state index in [1.165, 1.54) is 3.97 Å². The molecule has 2 aliphatic rings. The van der Waals surface area contributed by atoms with Gasteiger partial charge in [0.25, 0.3) is 10.0 Å². The number of aromatic nitrogens is 1. The molecule has 0 unspecified atom stereocenters. The Morgan fingerprint density at radius 1 is 1.00 bits per heavy atom. The first-order valence-corrected chi connectivity index (χ1v) is 10.8. The number of hydrogen-bond donors (Lipinski definition) is 0. The Hall–Kier alpha value is -2.35. The van der Waals surface area contributed by atoms with Crippen LogP contribution in [0.15, 0.2) is 53.6 Å². The molecule has 1 spiro atoms. The van der Waals surface area contributed by atoms with Gasteiger partial charge in [-0.05, 0) is 43.7 Å². The summed E-state index contributed by atoms with van der Waals surface area (Å²) < 4.78 is 45.7. The normalized spacial score (nSPS) is 18.8. The summed E-state index contributed by atoms with van der Waals surface area (Å²) >= 11 is 0. The number of benzene rings is 2. The number of fused-ring (bicyclic) bond motifs is 3. The molecule has 0 N–H and O–H groups in total. The molecule has 2 aliphatic heterocycles. The lowest BCUT2D eigenvalue weighted by Crippen LogP contribution is -2.26. The van der Waals surface area contributed by atoms with Crippen LogP contribution in [0.5, 0.6) is 5.75 Å². The molecule has 1 fully saturated rings. The zero-order chi connectivity index (χ0) is 19.4. The van der Waals surface area contributed by atoms with E-state index >= 15 is 0 Å². The summed E-state index contributed by atoms with van der Waals surface area (Å²) in [5, 5.41) is 0.796. The molecular weight excluding hydrogens is 378 g/mol. The maximum Gasteiger partial charge on any atom is 0.268 e. The van der Waals surface area contributed by atoms with E-state index < -0.39 is 15.8 Å². The van der Waals surface area contributed by atoms with Crippen LogP contribution in [0.3, 0.4) is 0 Å². The molecule has 2 aromatic carbocycles. The highest BCUT2D eigenvalue weighted by atomic mass is 32.2. The van der Waals surface area contributed by atoms with E-state index in [1.54, 1.807) is 36.5 Å². The summed E-state index contributed by atoms with van der Waals surface area (Å²) in [5.74, 6) is -0.166. The molecule has 0 saturated carbocycles. The second kappa shape index (κ2) is 6.34. The van der Waals surface area contributed by atoms with Crippen LogP contribution >= 0.6 is 0 Å². The maximum atomic E-state index is 13.2. The smallest absolute Gasteiger partial charge is 0.268 e. The number of hydrogen-bond acceptors (Lipinski definition) is 5. The molecule has 0 bridgehead atoms. The van der Waals surface area contributed by atoms with E-state index in [-0.39, 0.29) is 4.90 Å². The summed E-state index contributed by atoms with van der Waals surface area (Å²) in [7, 11) is -3.72. The van der Waals surface area contributed by atoms with Crippen LogP contribution in [-0.4, -0.2) is 32.2 Å². The molecule has 5 rings (SSSR count). The lowest BCUT2D eigenvalue weighted by Gasteiger charge is -2.27. The minimum atomic E-state index is -3.72. The van der Waals surface area contributed by atoms with Gasteiger partial charge < -0.3 is 14.2 Å². The van der Waals surface area contributed by atoms with Crippen LogP contribution < -0.4 is 4.74 Å². The van der Waals surface area contributed by atoms with Crippen LogP contribution in [-0.2, 0) is 25.3 Å². The van der Waals surface area contributed by atoms with Gasteiger partial charge in [0, 0.05) is 18.0 Å². The van der Waals surface area contributed by atoms with E-state index in [1.807, 2.05) is 19.1 Å². The van der Waals surface area contributed by atoms with E-state index in [4.69, 9.17) is 14.2 Å². The first-order valence-electron chi connectivity index (χ1n) is 9.38. The van der Waals surface area contributed by atoms with Gasteiger partial charge in [-0.3, -0.25) is 0 Å². The Morgan fingerprint density at radius 3 is 2.50 bits per heavy atom. The summed E-state index contributed by atoms with van der Waals surface area (Å²) in [4.78, 5) is 0.255. The SMILES string of the molecule is Cc1ccc(S(=O)(=O)n2ccc3cc4c(cc32)C2(CCCO4)OCCO2)cc1. The van der Waals surface area contributed by atoms with E-state index in [0.717, 1.165) is 22.9 Å². The van der Waals surface area contributed by atoms with Crippen molar-refractivity contribution in [1.82, 2.24) is 3.97 Å². The second-order valence-corrected chi connectivity index (χ2v) is 9.05. The van der Waals surface area contributed by atoms with Gasteiger partial charge in [-0.1, -0.05) is 17.7 Å². The Morgan fingerprint density at radius 2 is 1.75 bits per heavy atom. The quantitative estimate of drug-likeness (QED) is 0.659. The fourth-order valence-corrected chi connectivity index (χ4v) is 5.31. The summed E-state index contributed by atoms with van der Waals surface area (Å²) in [6, 6.07) is 12.4. The molecule has 6 nitrogen and oxygen atoms in total. The van der Waals surface area contributed by atoms with Gasteiger partial charge in [-0.2, -0.15) is 0 Å². The molecule has 7 heteroatoms. The third-order valence-electron chi connectivity index (χ3n) is 5.41. The van der Waals surface area contributed by atoms with Gasteiger partial charge in [0.15, 0.2) is 5.79 Å². The largest absolute Gasteiger partial charge is 0.493 e. The monoisotopic (exact) mass is 399 g/mol. The van der Waals surface area contributed by atoms with E-state index in [0.29, 0.717) is 37.5 Å². The third-order valence-corrected chi connectivity index (χ3v) is 7.11. The first-order chi connectivity index (χ1) is 13.5. The molecule has 0 atom stereocenters. The van der Waals surface area contributed by atoms with Gasteiger partial charge in [-0.25, -0.2) is 12.4 Å². The predicted octanol–water partition coefficient (Wildman–Crippen LogP) is 3.56. The van der Waals surface area contributed by atoms with Crippen LogP contribution in [0.4, 0.5) is 0 Å². The maximum absolute atomic E-state index is 13.2. The lowest BCUT2D eigenvalue weighted by atomic mass is 9.99. The minimum absolute atomic E-state index is 0.255. The van der Waals surface area contributed by atoms with Gasteiger partial charge in [-0.15, -0.1) is 0 Å². The van der Waals surface area contributed by atoms with Crippen molar-refractivity contribution >= 4 is 20.9 Å². The third kappa shape index (κ3) is 2.65. The lowest BCUT2D eigenvalue weighted by molar-refractivity contribution is -0.169. The zero-order valence-electron chi connectivity index (χ0n) is 15.6. The Kier molecular flexibility index (Phi) is 4.01. The average molecular weight is 399 g/mol. The van der Waals surface area contributed by atoms with Gasteiger partial charge >= 0.3 is 0 Å². The molecule has 0 radical (unpaired) electrons. The van der Waals surface area contributed by atoms with E-state index in [2.05, 4.69) is 0 Å². The standard InChI is InChI=1S/C21H21NO5S/c1-15-3-5-17(6-4-15)28(23,24)22-9-7-16-13-20-18(14-19(16)22)21(8-2-10-25-20)26-11-12-27-21/h3-7,9,13-14H,2,8,10-12H2,1H3. The van der Waals surface area contributed by atoms with Gasteiger partial charge in [0.2, 0.25) is 0 Å². The Balaban J connectivity index is 1.70. The summed E-state index contributed by atoms with van der Waals surface area (Å²) in [6.07, 6.45) is 3.07. The van der Waals surface area contributed by atoms with E-state index in [9.17, 15) is 8.42 Å². The van der Waals surface area contributed by atoms with Crippen LogP contribution in [0, 0.1) is 6.92 Å². The van der Waals surface area contributed by atoms with Crippen molar-refractivity contribution in [3.63, 3.8) is 0 Å². The van der Waals surface area contributed by atoms with Crippen molar-refractivity contribution < 1.29 is 22.6 Å². The van der Waals surface area contributed by atoms with Crippen molar-refractivity contribution in [2.75, 3.05) is 19.8 Å². The molecule has 28 heavy (non-hydrogen) atoms. The second-order valence-electron chi connectivity index (χ2n) is 7.24. The number of ether oxygens (including phenoxy) is 3. The minimum Gasteiger partial charge on any atom is -0.493 e. The summed E-state index contributed by atoms with van der Waals surface area (Å²) in [5.41, 5.74) is 2.36. The fourth-order valence-electron chi connectivity index (χ4n) is 3.96. The van der Waals surface area contributed by atoms with Crippen molar-refractivity contribution in [2.45, 2.75) is 30.4 Å². The van der Waals surface area contributed by atoms with Crippen LogP contribution in [0.2, 0.25) is 0 Å². The molecule has 3 aromatic rings. The van der Waals surface area contributed by atoms with Crippen molar-refractivity contribution in [2.24, 2.45) is 0 Å². The molecule has 0 aliphatic carbocycles. The highest BCUT2D eigenvalue weighted by Gasteiger charge is 2.42.